The number of benzene rings is 2. The maximum atomic E-state index is 13.1. The van der Waals surface area contributed by atoms with E-state index in [4.69, 9.17) is 16.3 Å². The highest BCUT2D eigenvalue weighted by atomic mass is 35.5. The molecular formula is C20H20ClN3O4S2. The van der Waals surface area contributed by atoms with Crippen LogP contribution in [0.1, 0.15) is 11.3 Å². The molecular weight excluding hydrogens is 446 g/mol. The normalized spacial score (nSPS) is 12.3. The molecule has 1 aromatic heterocycles. The van der Waals surface area contributed by atoms with Gasteiger partial charge in [-0.05, 0) is 30.2 Å². The molecule has 0 saturated carbocycles. The molecule has 158 valence electrons. The number of hydrogen-bond donors (Lipinski definition) is 2. The molecule has 2 N–H and O–H groups in total. The number of aromatic nitrogens is 1. The number of methoxy groups -OCH3 is 1. The number of nitrogens with zero attached hydrogens (tertiary/aromatic N) is 1. The third kappa shape index (κ3) is 5.79. The molecule has 0 aliphatic carbocycles. The lowest BCUT2D eigenvalue weighted by Crippen LogP contribution is -2.47. The van der Waals surface area contributed by atoms with Crippen molar-refractivity contribution >= 4 is 38.9 Å². The predicted octanol–water partition coefficient (Wildman–Crippen LogP) is 3.01. The lowest BCUT2D eigenvalue weighted by Gasteiger charge is -2.19. The molecule has 30 heavy (non-hydrogen) atoms. The van der Waals surface area contributed by atoms with Crippen LogP contribution in [0.3, 0.4) is 0 Å². The monoisotopic (exact) mass is 465 g/mol. The number of thiazole rings is 1. The summed E-state index contributed by atoms with van der Waals surface area (Å²) in [5, 5.41) is 4.79. The minimum Gasteiger partial charge on any atom is -0.495 e. The Kier molecular flexibility index (Phi) is 7.43. The fourth-order valence-corrected chi connectivity index (χ4v) is 4.96. The first-order valence-electron chi connectivity index (χ1n) is 8.93. The summed E-state index contributed by atoms with van der Waals surface area (Å²) < 4.78 is 33.8. The molecule has 7 nitrogen and oxygen atoms in total. The Labute approximate surface area is 184 Å². The highest BCUT2D eigenvalue weighted by Gasteiger charge is 2.28. The summed E-state index contributed by atoms with van der Waals surface area (Å²) in [6, 6.07) is 12.4. The smallest absolute Gasteiger partial charge is 0.245 e. The Balaban J connectivity index is 1.85. The van der Waals surface area contributed by atoms with Gasteiger partial charge in [-0.15, -0.1) is 11.3 Å². The van der Waals surface area contributed by atoms with Gasteiger partial charge in [0.25, 0.3) is 0 Å². The zero-order valence-corrected chi connectivity index (χ0v) is 18.4. The molecule has 1 heterocycles. The van der Waals surface area contributed by atoms with Crippen LogP contribution in [0.15, 0.2) is 64.3 Å². The van der Waals surface area contributed by atoms with Gasteiger partial charge in [0.15, 0.2) is 0 Å². The van der Waals surface area contributed by atoms with Crippen molar-refractivity contribution in [2.75, 3.05) is 7.11 Å². The number of sulfonamides is 1. The van der Waals surface area contributed by atoms with Gasteiger partial charge in [-0.3, -0.25) is 4.79 Å². The second-order valence-corrected chi connectivity index (χ2v) is 9.19. The van der Waals surface area contributed by atoms with Crippen molar-refractivity contribution in [2.24, 2.45) is 0 Å². The van der Waals surface area contributed by atoms with Crippen LogP contribution in [-0.4, -0.2) is 32.5 Å². The van der Waals surface area contributed by atoms with E-state index in [1.54, 1.807) is 5.51 Å². The Bertz CT molecular complexity index is 1090. The molecule has 1 atom stereocenters. The summed E-state index contributed by atoms with van der Waals surface area (Å²) >= 11 is 7.40. The molecule has 0 saturated heterocycles. The van der Waals surface area contributed by atoms with E-state index in [1.807, 2.05) is 35.7 Å². The van der Waals surface area contributed by atoms with Gasteiger partial charge in [0.05, 0.1) is 24.9 Å². The van der Waals surface area contributed by atoms with Crippen LogP contribution in [0.2, 0.25) is 5.02 Å². The van der Waals surface area contributed by atoms with Gasteiger partial charge in [0.2, 0.25) is 15.9 Å². The largest absolute Gasteiger partial charge is 0.495 e. The second kappa shape index (κ2) is 10.0. The number of carbonyl (C=O) groups is 1. The van der Waals surface area contributed by atoms with E-state index in [0.717, 1.165) is 5.56 Å². The summed E-state index contributed by atoms with van der Waals surface area (Å²) in [7, 11) is -2.73. The van der Waals surface area contributed by atoms with Crippen LogP contribution in [0.25, 0.3) is 0 Å². The highest BCUT2D eigenvalue weighted by Crippen LogP contribution is 2.27. The lowest BCUT2D eigenvalue weighted by atomic mass is 10.1. The zero-order chi connectivity index (χ0) is 21.6. The number of carbonyl (C=O) groups excluding carboxylic acids is 1. The van der Waals surface area contributed by atoms with Crippen molar-refractivity contribution in [1.82, 2.24) is 15.0 Å². The van der Waals surface area contributed by atoms with E-state index >= 15 is 0 Å². The van der Waals surface area contributed by atoms with Gasteiger partial charge in [-0.2, -0.15) is 4.72 Å². The Morgan fingerprint density at radius 2 is 2.00 bits per heavy atom. The van der Waals surface area contributed by atoms with Crippen molar-refractivity contribution in [1.29, 1.82) is 0 Å². The Hall–Kier alpha value is -2.46. The summed E-state index contributed by atoms with van der Waals surface area (Å²) in [6.45, 7) is 0.204. The van der Waals surface area contributed by atoms with E-state index in [-0.39, 0.29) is 28.6 Å². The third-order valence-electron chi connectivity index (χ3n) is 4.24. The molecule has 3 aromatic rings. The molecule has 0 aliphatic heterocycles. The first-order valence-corrected chi connectivity index (χ1v) is 11.7. The van der Waals surface area contributed by atoms with Crippen LogP contribution in [0, 0.1) is 0 Å². The number of hydrogen-bond acceptors (Lipinski definition) is 6. The van der Waals surface area contributed by atoms with Crippen LogP contribution in [-0.2, 0) is 27.8 Å². The molecule has 0 bridgehead atoms. The van der Waals surface area contributed by atoms with Crippen LogP contribution >= 0.6 is 22.9 Å². The zero-order valence-electron chi connectivity index (χ0n) is 16.0. The first kappa shape index (κ1) is 22.2. The second-order valence-electron chi connectivity index (χ2n) is 6.36. The average Bonchev–Trinajstić information content (AvgIpc) is 3.26. The predicted molar refractivity (Wildman–Crippen MR) is 116 cm³/mol. The third-order valence-corrected chi connectivity index (χ3v) is 6.60. The van der Waals surface area contributed by atoms with Crippen molar-refractivity contribution in [3.05, 3.63) is 75.7 Å². The molecule has 0 spiro atoms. The number of nitrogens with one attached hydrogen (secondary N) is 2. The molecule has 0 aliphatic rings. The average molecular weight is 466 g/mol. The van der Waals surface area contributed by atoms with Crippen molar-refractivity contribution < 1.29 is 17.9 Å². The van der Waals surface area contributed by atoms with Gasteiger partial charge in [-0.1, -0.05) is 41.9 Å². The molecule has 3 rings (SSSR count). The van der Waals surface area contributed by atoms with Gasteiger partial charge < -0.3 is 10.1 Å². The molecule has 0 radical (unpaired) electrons. The summed E-state index contributed by atoms with van der Waals surface area (Å²) in [6.07, 6.45) is 0.172. The summed E-state index contributed by atoms with van der Waals surface area (Å²) in [5.41, 5.74) is 3.18. The molecule has 1 amide bonds. The summed E-state index contributed by atoms with van der Waals surface area (Å²) in [5.74, 6) is -0.329. The van der Waals surface area contributed by atoms with Gasteiger partial charge in [0, 0.05) is 10.4 Å². The Morgan fingerprint density at radius 3 is 2.67 bits per heavy atom. The quantitative estimate of drug-likeness (QED) is 0.506. The van der Waals surface area contributed by atoms with E-state index in [1.165, 1.54) is 36.6 Å². The van der Waals surface area contributed by atoms with E-state index in [9.17, 15) is 13.2 Å². The topological polar surface area (TPSA) is 97.4 Å². The fourth-order valence-electron chi connectivity index (χ4n) is 2.77. The maximum absolute atomic E-state index is 13.1. The SMILES string of the molecule is COc1ccc(Cl)cc1S(=O)(=O)N[C@@H](Cc1ccccc1)C(=O)NCc1cscn1. The van der Waals surface area contributed by atoms with Crippen LogP contribution < -0.4 is 14.8 Å². The van der Waals surface area contributed by atoms with Gasteiger partial charge >= 0.3 is 0 Å². The van der Waals surface area contributed by atoms with Crippen molar-refractivity contribution in [3.63, 3.8) is 0 Å². The minimum absolute atomic E-state index is 0.133. The first-order chi connectivity index (χ1) is 14.4. The Morgan fingerprint density at radius 1 is 1.23 bits per heavy atom. The maximum Gasteiger partial charge on any atom is 0.245 e. The summed E-state index contributed by atoms with van der Waals surface area (Å²) in [4.78, 5) is 16.8. The van der Waals surface area contributed by atoms with E-state index in [2.05, 4.69) is 15.0 Å². The van der Waals surface area contributed by atoms with Crippen LogP contribution in [0.5, 0.6) is 5.75 Å². The standard InChI is InChI=1S/C20H20ClN3O4S2/c1-28-18-8-7-15(21)10-19(18)30(26,27)24-17(9-14-5-3-2-4-6-14)20(25)22-11-16-12-29-13-23-16/h2-8,10,12-13,17,24H,9,11H2,1H3,(H,22,25)/t17-/m0/s1. The van der Waals surface area contributed by atoms with Crippen molar-refractivity contribution in [2.45, 2.75) is 23.9 Å². The van der Waals surface area contributed by atoms with Crippen LogP contribution in [0.4, 0.5) is 0 Å². The number of ether oxygens (including phenoxy) is 1. The molecule has 2 aromatic carbocycles. The van der Waals surface area contributed by atoms with Gasteiger partial charge in [-0.25, -0.2) is 13.4 Å². The molecule has 10 heteroatoms. The highest BCUT2D eigenvalue weighted by molar-refractivity contribution is 7.89. The lowest BCUT2D eigenvalue weighted by molar-refractivity contribution is -0.122. The number of rotatable bonds is 9. The van der Waals surface area contributed by atoms with E-state index < -0.39 is 22.0 Å². The number of amides is 1. The fraction of sp³-hybridized carbons (Fsp3) is 0.200. The number of halogens is 1. The van der Waals surface area contributed by atoms with E-state index in [0.29, 0.717) is 5.69 Å². The minimum atomic E-state index is -4.10. The van der Waals surface area contributed by atoms with Gasteiger partial charge in [0.1, 0.15) is 16.7 Å². The molecule has 0 unspecified atom stereocenters. The molecule has 0 fully saturated rings. The van der Waals surface area contributed by atoms with Crippen molar-refractivity contribution in [3.8, 4) is 5.75 Å².